The molecule has 0 aromatic carbocycles. The van der Waals surface area contributed by atoms with Crippen molar-refractivity contribution in [3.8, 4) is 0 Å². The third kappa shape index (κ3) is 18.6. The molecule has 0 aromatic rings. The molecular formula is C14H25KO4. The van der Waals surface area contributed by atoms with E-state index >= 15 is 0 Å². The molecule has 5 heteroatoms. The second kappa shape index (κ2) is 16.6. The van der Waals surface area contributed by atoms with Crippen molar-refractivity contribution in [1.29, 1.82) is 0 Å². The van der Waals surface area contributed by atoms with Crippen molar-refractivity contribution < 1.29 is 70.8 Å². The molecule has 0 rings (SSSR count). The molecule has 0 saturated carbocycles. The van der Waals surface area contributed by atoms with Gasteiger partial charge < -0.3 is 14.6 Å². The number of carbonyl (C=O) groups is 2. The summed E-state index contributed by atoms with van der Waals surface area (Å²) in [7, 11) is 0. The van der Waals surface area contributed by atoms with Crippen LogP contribution in [0.2, 0.25) is 0 Å². The van der Waals surface area contributed by atoms with E-state index in [1.54, 1.807) is 0 Å². The second-order valence-electron chi connectivity index (χ2n) is 4.60. The van der Waals surface area contributed by atoms with Gasteiger partial charge in [0.15, 0.2) is 0 Å². The number of hydrogen-bond donors (Lipinski definition) is 0. The third-order valence-electron chi connectivity index (χ3n) is 2.80. The van der Waals surface area contributed by atoms with Gasteiger partial charge in [0.25, 0.3) is 0 Å². The minimum atomic E-state index is -1.38. The number of rotatable bonds is 12. The van der Waals surface area contributed by atoms with E-state index in [1.165, 1.54) is 38.5 Å². The number of unbranched alkanes of at least 4 members (excludes halogenated alkanes) is 8. The molecule has 0 saturated heterocycles. The fraction of sp³-hybridized carbons (Fsp3) is 0.857. The predicted molar refractivity (Wildman–Crippen MR) is 67.8 cm³/mol. The van der Waals surface area contributed by atoms with Gasteiger partial charge in [-0.15, -0.1) is 0 Å². The summed E-state index contributed by atoms with van der Waals surface area (Å²) in [4.78, 5) is 20.9. The molecule has 0 spiro atoms. The molecule has 0 atom stereocenters. The zero-order valence-electron chi connectivity index (χ0n) is 12.4. The van der Waals surface area contributed by atoms with Gasteiger partial charge >= 0.3 is 57.4 Å². The van der Waals surface area contributed by atoms with E-state index in [2.05, 4.69) is 6.92 Å². The number of carboxylic acids is 1. The summed E-state index contributed by atoms with van der Waals surface area (Å²) >= 11 is 0. The van der Waals surface area contributed by atoms with E-state index in [4.69, 9.17) is 4.74 Å². The van der Waals surface area contributed by atoms with E-state index < -0.39 is 18.4 Å². The number of carboxylic acid groups (broad SMARTS) is 1. The average molecular weight is 296 g/mol. The quantitative estimate of drug-likeness (QED) is 0.205. The minimum absolute atomic E-state index is 0. The summed E-state index contributed by atoms with van der Waals surface area (Å²) in [5.41, 5.74) is 0. The third-order valence-corrected chi connectivity index (χ3v) is 2.80. The van der Waals surface area contributed by atoms with E-state index in [0.29, 0.717) is 6.61 Å². The Labute approximate surface area is 159 Å². The molecule has 0 N–H and O–H groups in total. The summed E-state index contributed by atoms with van der Waals surface area (Å²) in [6.45, 7) is 2.53. The molecule has 0 radical (unpaired) electrons. The number of esters is 1. The molecule has 106 valence electrons. The van der Waals surface area contributed by atoms with E-state index in [-0.39, 0.29) is 51.4 Å². The van der Waals surface area contributed by atoms with Gasteiger partial charge in [-0.05, 0) is 6.42 Å². The van der Waals surface area contributed by atoms with Gasteiger partial charge in [-0.3, -0.25) is 4.79 Å². The van der Waals surface area contributed by atoms with Gasteiger partial charge in [0.1, 0.15) is 0 Å². The minimum Gasteiger partial charge on any atom is -0.550 e. The average Bonchev–Trinajstić information content (AvgIpc) is 2.30. The van der Waals surface area contributed by atoms with Crippen molar-refractivity contribution in [3.05, 3.63) is 0 Å². The van der Waals surface area contributed by atoms with Crippen LogP contribution < -0.4 is 56.5 Å². The van der Waals surface area contributed by atoms with Gasteiger partial charge in [0, 0.05) is 0 Å². The first-order chi connectivity index (χ1) is 8.66. The topological polar surface area (TPSA) is 66.4 Å². The Morgan fingerprint density at radius 3 is 1.84 bits per heavy atom. The Hall–Kier alpha value is 0.576. The fourth-order valence-electron chi connectivity index (χ4n) is 1.77. The zero-order valence-corrected chi connectivity index (χ0v) is 15.5. The SMILES string of the molecule is CCCCCCCCCCCOC(=O)CC(=O)[O-].[K+]. The van der Waals surface area contributed by atoms with Crippen LogP contribution in [-0.2, 0) is 14.3 Å². The van der Waals surface area contributed by atoms with Crippen LogP contribution in [0.1, 0.15) is 71.1 Å². The Balaban J connectivity index is 0. The first-order valence-electron chi connectivity index (χ1n) is 7.02. The predicted octanol–water partition coefficient (Wildman–Crippen LogP) is -0.796. The van der Waals surface area contributed by atoms with Crippen molar-refractivity contribution in [1.82, 2.24) is 0 Å². The van der Waals surface area contributed by atoms with Crippen LogP contribution in [-0.4, -0.2) is 18.5 Å². The molecule has 0 aliphatic heterocycles. The Kier molecular flexibility index (Phi) is 19.1. The standard InChI is InChI=1S/C14H26O4.K/c1-2-3-4-5-6-7-8-9-10-11-18-14(17)12-13(15)16;/h2-12H2,1H3,(H,15,16);/q;+1/p-1. The van der Waals surface area contributed by atoms with Gasteiger partial charge in [-0.2, -0.15) is 0 Å². The molecule has 0 aliphatic rings. The molecule has 0 amide bonds. The summed E-state index contributed by atoms with van der Waals surface area (Å²) in [5, 5.41) is 10.1. The van der Waals surface area contributed by atoms with Crippen molar-refractivity contribution in [3.63, 3.8) is 0 Å². The number of ether oxygens (including phenoxy) is 1. The van der Waals surface area contributed by atoms with Crippen LogP contribution >= 0.6 is 0 Å². The second-order valence-corrected chi connectivity index (χ2v) is 4.60. The molecule has 0 aliphatic carbocycles. The molecule has 0 unspecified atom stereocenters. The van der Waals surface area contributed by atoms with Crippen LogP contribution in [0.5, 0.6) is 0 Å². The van der Waals surface area contributed by atoms with E-state index in [0.717, 1.165) is 19.3 Å². The van der Waals surface area contributed by atoms with Crippen molar-refractivity contribution >= 4 is 11.9 Å². The van der Waals surface area contributed by atoms with Crippen molar-refractivity contribution in [2.45, 2.75) is 71.1 Å². The van der Waals surface area contributed by atoms with Crippen LogP contribution in [0, 0.1) is 0 Å². The first kappa shape index (κ1) is 21.9. The van der Waals surface area contributed by atoms with Gasteiger partial charge in [0.2, 0.25) is 0 Å². The summed E-state index contributed by atoms with van der Waals surface area (Å²) < 4.78 is 4.75. The monoisotopic (exact) mass is 296 g/mol. The first-order valence-corrected chi connectivity index (χ1v) is 7.02. The van der Waals surface area contributed by atoms with Crippen LogP contribution in [0.15, 0.2) is 0 Å². The summed E-state index contributed by atoms with van der Waals surface area (Å²) in [6, 6.07) is 0. The molecule has 0 bridgehead atoms. The molecule has 0 aromatic heterocycles. The Bertz CT molecular complexity index is 231. The van der Waals surface area contributed by atoms with Crippen LogP contribution in [0.3, 0.4) is 0 Å². The number of aliphatic carboxylic acids is 1. The summed E-state index contributed by atoms with van der Waals surface area (Å²) in [6.07, 6.45) is 10.1. The van der Waals surface area contributed by atoms with Gasteiger partial charge in [0.05, 0.1) is 19.0 Å². The molecule has 19 heavy (non-hydrogen) atoms. The molecular weight excluding hydrogens is 271 g/mol. The molecule has 0 heterocycles. The summed E-state index contributed by atoms with van der Waals surface area (Å²) in [5.74, 6) is -2.08. The molecule has 0 fully saturated rings. The smallest absolute Gasteiger partial charge is 0.550 e. The van der Waals surface area contributed by atoms with Crippen LogP contribution in [0.25, 0.3) is 0 Å². The number of hydrogen-bond acceptors (Lipinski definition) is 4. The van der Waals surface area contributed by atoms with Gasteiger partial charge in [-0.25, -0.2) is 0 Å². The van der Waals surface area contributed by atoms with E-state index in [9.17, 15) is 14.7 Å². The maximum absolute atomic E-state index is 10.8. The number of carbonyl (C=O) groups excluding carboxylic acids is 2. The Morgan fingerprint density at radius 1 is 0.895 bits per heavy atom. The Morgan fingerprint density at radius 2 is 1.37 bits per heavy atom. The normalized spacial score (nSPS) is 9.74. The van der Waals surface area contributed by atoms with Gasteiger partial charge in [-0.1, -0.05) is 58.3 Å². The molecule has 4 nitrogen and oxygen atoms in total. The van der Waals surface area contributed by atoms with Crippen molar-refractivity contribution in [2.75, 3.05) is 6.61 Å². The largest absolute Gasteiger partial charge is 1.00 e. The fourth-order valence-corrected chi connectivity index (χ4v) is 1.77. The maximum atomic E-state index is 10.8. The van der Waals surface area contributed by atoms with Crippen LogP contribution in [0.4, 0.5) is 0 Å². The van der Waals surface area contributed by atoms with Crippen molar-refractivity contribution in [2.24, 2.45) is 0 Å². The van der Waals surface area contributed by atoms with E-state index in [1.807, 2.05) is 0 Å². The maximum Gasteiger partial charge on any atom is 1.00 e. The zero-order chi connectivity index (χ0) is 13.6.